The van der Waals surface area contributed by atoms with Gasteiger partial charge in [0.15, 0.2) is 0 Å². The molecular formula is C9H6BrIN2O. The molecule has 0 spiro atoms. The van der Waals surface area contributed by atoms with Gasteiger partial charge < -0.3 is 0 Å². The van der Waals surface area contributed by atoms with Gasteiger partial charge in [-0.3, -0.25) is 9.36 Å². The molecule has 5 heteroatoms. The molecule has 1 heterocycles. The number of nitrogens with zero attached hydrogens (tertiary/aromatic N) is 2. The van der Waals surface area contributed by atoms with Gasteiger partial charge in [0.25, 0.3) is 5.56 Å². The number of halogens is 2. The third-order valence-corrected chi connectivity index (χ3v) is 3.14. The standard InChI is InChI=1S/C9H6BrIN2O/c10-6-1-2-8-7(3-6)9(14)13(4-11)5-12-8/h1-3,5H,4H2. The van der Waals surface area contributed by atoms with Crippen LogP contribution < -0.4 is 5.56 Å². The maximum Gasteiger partial charge on any atom is 0.261 e. The Morgan fingerprint density at radius 3 is 3.00 bits per heavy atom. The molecule has 0 saturated heterocycles. The van der Waals surface area contributed by atoms with Crippen molar-refractivity contribution in [1.82, 2.24) is 9.55 Å². The average Bonchev–Trinajstić information content (AvgIpc) is 2.20. The van der Waals surface area contributed by atoms with Crippen LogP contribution in [0.5, 0.6) is 0 Å². The summed E-state index contributed by atoms with van der Waals surface area (Å²) in [5, 5.41) is 0.651. The van der Waals surface area contributed by atoms with Crippen LogP contribution in [0.1, 0.15) is 0 Å². The highest BCUT2D eigenvalue weighted by Gasteiger charge is 2.02. The zero-order chi connectivity index (χ0) is 10.1. The Morgan fingerprint density at radius 2 is 2.29 bits per heavy atom. The molecule has 0 aliphatic rings. The topological polar surface area (TPSA) is 34.9 Å². The van der Waals surface area contributed by atoms with E-state index in [1.165, 1.54) is 0 Å². The van der Waals surface area contributed by atoms with E-state index in [2.05, 4.69) is 43.5 Å². The van der Waals surface area contributed by atoms with Gasteiger partial charge in [-0.25, -0.2) is 4.98 Å². The smallest absolute Gasteiger partial charge is 0.261 e. The Labute approximate surface area is 102 Å². The predicted octanol–water partition coefficient (Wildman–Crippen LogP) is 2.55. The highest BCUT2D eigenvalue weighted by molar-refractivity contribution is 14.1. The lowest BCUT2D eigenvalue weighted by molar-refractivity contribution is 0.843. The first-order valence-electron chi connectivity index (χ1n) is 3.93. The largest absolute Gasteiger partial charge is 0.289 e. The van der Waals surface area contributed by atoms with E-state index >= 15 is 0 Å². The molecule has 0 N–H and O–H groups in total. The van der Waals surface area contributed by atoms with E-state index in [1.807, 2.05) is 12.1 Å². The van der Waals surface area contributed by atoms with Crippen molar-refractivity contribution in [1.29, 1.82) is 0 Å². The summed E-state index contributed by atoms with van der Waals surface area (Å²) in [7, 11) is 0. The zero-order valence-corrected chi connectivity index (χ0v) is 10.8. The van der Waals surface area contributed by atoms with Gasteiger partial charge in [0.2, 0.25) is 0 Å². The second-order valence-corrected chi connectivity index (χ2v) is 4.40. The van der Waals surface area contributed by atoms with Crippen molar-refractivity contribution >= 4 is 49.4 Å². The molecule has 14 heavy (non-hydrogen) atoms. The van der Waals surface area contributed by atoms with Crippen molar-refractivity contribution in [3.63, 3.8) is 0 Å². The van der Waals surface area contributed by atoms with Crippen LogP contribution in [0.25, 0.3) is 10.9 Å². The molecule has 1 aromatic heterocycles. The first kappa shape index (κ1) is 10.1. The molecule has 0 unspecified atom stereocenters. The third kappa shape index (κ3) is 1.70. The molecule has 0 bridgehead atoms. The van der Waals surface area contributed by atoms with Crippen LogP contribution in [0.4, 0.5) is 0 Å². The lowest BCUT2D eigenvalue weighted by Gasteiger charge is -2.02. The number of aromatic nitrogens is 2. The average molecular weight is 365 g/mol. The number of hydrogen-bond acceptors (Lipinski definition) is 2. The van der Waals surface area contributed by atoms with Gasteiger partial charge in [-0.05, 0) is 18.2 Å². The summed E-state index contributed by atoms with van der Waals surface area (Å²) in [5.41, 5.74) is 0.741. The first-order chi connectivity index (χ1) is 6.72. The second-order valence-electron chi connectivity index (χ2n) is 2.80. The monoisotopic (exact) mass is 364 g/mol. The van der Waals surface area contributed by atoms with E-state index in [1.54, 1.807) is 17.0 Å². The molecule has 1 aromatic carbocycles. The van der Waals surface area contributed by atoms with Crippen molar-refractivity contribution in [3.05, 3.63) is 39.4 Å². The van der Waals surface area contributed by atoms with E-state index in [4.69, 9.17) is 0 Å². The molecule has 0 saturated carbocycles. The Morgan fingerprint density at radius 1 is 1.50 bits per heavy atom. The third-order valence-electron chi connectivity index (χ3n) is 1.91. The molecule has 0 aliphatic heterocycles. The van der Waals surface area contributed by atoms with E-state index in [-0.39, 0.29) is 5.56 Å². The quantitative estimate of drug-likeness (QED) is 0.575. The van der Waals surface area contributed by atoms with Gasteiger partial charge in [-0.2, -0.15) is 0 Å². The van der Waals surface area contributed by atoms with E-state index < -0.39 is 0 Å². The minimum Gasteiger partial charge on any atom is -0.289 e. The Bertz CT molecular complexity index is 538. The molecule has 0 aliphatic carbocycles. The molecule has 0 atom stereocenters. The van der Waals surface area contributed by atoms with Crippen LogP contribution in [-0.4, -0.2) is 9.55 Å². The molecule has 72 valence electrons. The van der Waals surface area contributed by atoms with Crippen molar-refractivity contribution in [2.75, 3.05) is 0 Å². The Kier molecular flexibility index (Phi) is 2.87. The fourth-order valence-corrected chi connectivity index (χ4v) is 2.06. The fourth-order valence-electron chi connectivity index (χ4n) is 1.22. The van der Waals surface area contributed by atoms with Gasteiger partial charge >= 0.3 is 0 Å². The van der Waals surface area contributed by atoms with Gasteiger partial charge in [0, 0.05) is 4.47 Å². The van der Waals surface area contributed by atoms with Crippen LogP contribution in [0.3, 0.4) is 0 Å². The van der Waals surface area contributed by atoms with Crippen molar-refractivity contribution in [3.8, 4) is 0 Å². The van der Waals surface area contributed by atoms with E-state index in [9.17, 15) is 4.79 Å². The number of benzene rings is 1. The first-order valence-corrected chi connectivity index (χ1v) is 6.25. The number of rotatable bonds is 1. The molecule has 3 nitrogen and oxygen atoms in total. The minimum absolute atomic E-state index is 0.00528. The van der Waals surface area contributed by atoms with Gasteiger partial charge in [-0.1, -0.05) is 38.5 Å². The van der Waals surface area contributed by atoms with Gasteiger partial charge in [0.1, 0.15) is 0 Å². The maximum absolute atomic E-state index is 11.8. The van der Waals surface area contributed by atoms with Crippen molar-refractivity contribution in [2.45, 2.75) is 4.55 Å². The summed E-state index contributed by atoms with van der Waals surface area (Å²) in [6.07, 6.45) is 1.57. The zero-order valence-electron chi connectivity index (χ0n) is 7.08. The van der Waals surface area contributed by atoms with Gasteiger partial charge in [0.05, 0.1) is 21.8 Å². The summed E-state index contributed by atoms with van der Waals surface area (Å²) in [6, 6.07) is 5.51. The molecule has 0 fully saturated rings. The lowest BCUT2D eigenvalue weighted by atomic mass is 10.2. The van der Waals surface area contributed by atoms with Crippen LogP contribution in [0.2, 0.25) is 0 Å². The summed E-state index contributed by atoms with van der Waals surface area (Å²) in [4.78, 5) is 16.0. The van der Waals surface area contributed by atoms with Crippen LogP contribution in [-0.2, 0) is 4.55 Å². The highest BCUT2D eigenvalue weighted by Crippen LogP contribution is 2.14. The van der Waals surface area contributed by atoms with E-state index in [0.29, 0.717) is 9.94 Å². The number of hydrogen-bond donors (Lipinski definition) is 0. The fraction of sp³-hybridized carbons (Fsp3) is 0.111. The normalized spacial score (nSPS) is 10.7. The molecule has 2 aromatic rings. The van der Waals surface area contributed by atoms with Gasteiger partial charge in [-0.15, -0.1) is 0 Å². The van der Waals surface area contributed by atoms with Crippen LogP contribution >= 0.6 is 38.5 Å². The lowest BCUT2D eigenvalue weighted by Crippen LogP contribution is -2.18. The number of fused-ring (bicyclic) bond motifs is 1. The number of alkyl halides is 1. The van der Waals surface area contributed by atoms with Crippen molar-refractivity contribution < 1.29 is 0 Å². The van der Waals surface area contributed by atoms with Crippen molar-refractivity contribution in [2.24, 2.45) is 0 Å². The highest BCUT2D eigenvalue weighted by atomic mass is 127. The summed E-state index contributed by atoms with van der Waals surface area (Å²) >= 11 is 5.47. The van der Waals surface area contributed by atoms with Crippen LogP contribution in [0.15, 0.2) is 33.8 Å². The minimum atomic E-state index is 0.00528. The summed E-state index contributed by atoms with van der Waals surface area (Å²) < 4.78 is 3.09. The molecule has 0 amide bonds. The second kappa shape index (κ2) is 3.98. The summed E-state index contributed by atoms with van der Waals surface area (Å²) in [6.45, 7) is 0. The molecular weight excluding hydrogens is 359 g/mol. The Balaban J connectivity index is 2.87. The summed E-state index contributed by atoms with van der Waals surface area (Å²) in [5.74, 6) is 0. The maximum atomic E-state index is 11.8. The molecule has 2 rings (SSSR count). The Hall–Kier alpha value is -0.430. The SMILES string of the molecule is O=c1c2cc(Br)ccc2ncn1CI. The van der Waals surface area contributed by atoms with Crippen LogP contribution in [0, 0.1) is 0 Å². The van der Waals surface area contributed by atoms with E-state index in [0.717, 1.165) is 9.99 Å². The predicted molar refractivity (Wildman–Crippen MR) is 67.7 cm³/mol. The molecule has 0 radical (unpaired) electrons.